The van der Waals surface area contributed by atoms with Crippen LogP contribution in [0.25, 0.3) is 0 Å². The summed E-state index contributed by atoms with van der Waals surface area (Å²) >= 11 is 0. The van der Waals surface area contributed by atoms with Crippen molar-refractivity contribution >= 4 is 0 Å². The van der Waals surface area contributed by atoms with E-state index < -0.39 is 0 Å². The minimum atomic E-state index is -0.231. The Kier molecular flexibility index (Phi) is 5.27. The Morgan fingerprint density at radius 2 is 1.55 bits per heavy atom. The molecule has 2 aromatic carbocycles. The molecule has 0 aliphatic carbocycles. The van der Waals surface area contributed by atoms with Crippen LogP contribution in [0.3, 0.4) is 0 Å². The van der Waals surface area contributed by atoms with Gasteiger partial charge in [0.25, 0.3) is 0 Å². The van der Waals surface area contributed by atoms with Crippen LogP contribution in [0.2, 0.25) is 0 Å². The summed E-state index contributed by atoms with van der Waals surface area (Å²) < 4.78 is 13.0. The van der Waals surface area contributed by atoms with Crippen molar-refractivity contribution in [1.29, 1.82) is 0 Å². The number of aliphatic hydroxyl groups excluding tert-OH is 1. The lowest BCUT2D eigenvalue weighted by Gasteiger charge is -2.24. The first-order valence-corrected chi connectivity index (χ1v) is 6.92. The van der Waals surface area contributed by atoms with Gasteiger partial charge >= 0.3 is 0 Å². The van der Waals surface area contributed by atoms with E-state index in [0.717, 1.165) is 17.5 Å². The summed E-state index contributed by atoms with van der Waals surface area (Å²) in [5.41, 5.74) is 2.08. The van der Waals surface area contributed by atoms with Gasteiger partial charge in [0.05, 0.1) is 12.6 Å². The monoisotopic (exact) mass is 273 g/mol. The minimum Gasteiger partial charge on any atom is -0.394 e. The second-order valence-corrected chi connectivity index (χ2v) is 4.82. The Labute approximate surface area is 119 Å². The number of aliphatic hydroxyl groups is 1. The van der Waals surface area contributed by atoms with Gasteiger partial charge in [-0.2, -0.15) is 0 Å². The summed E-state index contributed by atoms with van der Waals surface area (Å²) in [6.45, 7) is 2.10. The van der Waals surface area contributed by atoms with Gasteiger partial charge < -0.3 is 10.4 Å². The molecule has 0 radical (unpaired) electrons. The molecule has 0 saturated carbocycles. The molecule has 2 N–H and O–H groups in total. The Hall–Kier alpha value is -1.71. The van der Waals surface area contributed by atoms with Crippen molar-refractivity contribution < 1.29 is 9.50 Å². The van der Waals surface area contributed by atoms with E-state index >= 15 is 0 Å². The zero-order chi connectivity index (χ0) is 14.4. The van der Waals surface area contributed by atoms with E-state index in [1.807, 2.05) is 30.3 Å². The molecule has 20 heavy (non-hydrogen) atoms. The lowest BCUT2D eigenvalue weighted by molar-refractivity contribution is 0.232. The van der Waals surface area contributed by atoms with Gasteiger partial charge in [0.2, 0.25) is 0 Å². The standard InChI is InChI=1S/C17H20FNO/c1-2-16(14-8-10-15(18)11-9-14)19-17(12-20)13-6-4-3-5-7-13/h3-11,16-17,19-20H,2,12H2,1H3. The first-order chi connectivity index (χ1) is 9.74. The van der Waals surface area contributed by atoms with E-state index in [2.05, 4.69) is 12.2 Å². The minimum absolute atomic E-state index is 0.0295. The maximum Gasteiger partial charge on any atom is 0.123 e. The summed E-state index contributed by atoms with van der Waals surface area (Å²) in [5, 5.41) is 13.0. The van der Waals surface area contributed by atoms with Crippen LogP contribution in [-0.2, 0) is 0 Å². The fourth-order valence-corrected chi connectivity index (χ4v) is 2.33. The van der Waals surface area contributed by atoms with E-state index in [0.29, 0.717) is 0 Å². The summed E-state index contributed by atoms with van der Waals surface area (Å²) in [7, 11) is 0. The number of benzene rings is 2. The summed E-state index contributed by atoms with van der Waals surface area (Å²) in [4.78, 5) is 0. The van der Waals surface area contributed by atoms with Crippen LogP contribution in [0.1, 0.15) is 36.6 Å². The average Bonchev–Trinajstić information content (AvgIpc) is 2.51. The van der Waals surface area contributed by atoms with Crippen molar-refractivity contribution in [1.82, 2.24) is 5.32 Å². The topological polar surface area (TPSA) is 32.3 Å². The maximum atomic E-state index is 13.0. The van der Waals surface area contributed by atoms with Crippen molar-refractivity contribution in [2.75, 3.05) is 6.61 Å². The molecule has 0 fully saturated rings. The molecule has 0 spiro atoms. The fraction of sp³-hybridized carbons (Fsp3) is 0.294. The van der Waals surface area contributed by atoms with Crippen LogP contribution in [0.5, 0.6) is 0 Å². The number of hydrogen-bond acceptors (Lipinski definition) is 2. The van der Waals surface area contributed by atoms with Crippen LogP contribution in [0.15, 0.2) is 54.6 Å². The SMILES string of the molecule is CCC(NC(CO)c1ccccc1)c1ccc(F)cc1. The van der Waals surface area contributed by atoms with Gasteiger partial charge in [0.15, 0.2) is 0 Å². The van der Waals surface area contributed by atoms with Crippen LogP contribution in [0.4, 0.5) is 4.39 Å². The Balaban J connectivity index is 2.14. The normalized spacial score (nSPS) is 13.9. The largest absolute Gasteiger partial charge is 0.394 e. The smallest absolute Gasteiger partial charge is 0.123 e. The predicted molar refractivity (Wildman–Crippen MR) is 78.8 cm³/mol. The maximum absolute atomic E-state index is 13.0. The first-order valence-electron chi connectivity index (χ1n) is 6.92. The fourth-order valence-electron chi connectivity index (χ4n) is 2.33. The van der Waals surface area contributed by atoms with E-state index in [1.54, 1.807) is 12.1 Å². The highest BCUT2D eigenvalue weighted by molar-refractivity contribution is 5.23. The molecule has 0 heterocycles. The molecule has 0 saturated heterocycles. The summed E-state index contributed by atoms with van der Waals surface area (Å²) in [6.07, 6.45) is 0.870. The highest BCUT2D eigenvalue weighted by Crippen LogP contribution is 2.22. The van der Waals surface area contributed by atoms with Gasteiger partial charge in [0.1, 0.15) is 5.82 Å². The van der Waals surface area contributed by atoms with Crippen molar-refractivity contribution in [2.45, 2.75) is 25.4 Å². The van der Waals surface area contributed by atoms with Crippen LogP contribution >= 0.6 is 0 Å². The van der Waals surface area contributed by atoms with E-state index in [4.69, 9.17) is 0 Å². The van der Waals surface area contributed by atoms with Gasteiger partial charge in [0, 0.05) is 6.04 Å². The number of rotatable bonds is 6. The van der Waals surface area contributed by atoms with Gasteiger partial charge in [-0.1, -0.05) is 49.4 Å². The molecular weight excluding hydrogens is 253 g/mol. The molecule has 3 heteroatoms. The van der Waals surface area contributed by atoms with Gasteiger partial charge in [-0.3, -0.25) is 0 Å². The lowest BCUT2D eigenvalue weighted by atomic mass is 10.0. The van der Waals surface area contributed by atoms with E-state index in [9.17, 15) is 9.50 Å². The van der Waals surface area contributed by atoms with Crippen molar-refractivity contribution in [3.05, 3.63) is 71.5 Å². The zero-order valence-corrected chi connectivity index (χ0v) is 11.6. The molecular formula is C17H20FNO. The van der Waals surface area contributed by atoms with Crippen LogP contribution < -0.4 is 5.32 Å². The quantitative estimate of drug-likeness (QED) is 0.843. The molecule has 0 aliphatic rings. The van der Waals surface area contributed by atoms with Crippen LogP contribution in [0, 0.1) is 5.82 Å². The Morgan fingerprint density at radius 3 is 2.10 bits per heavy atom. The summed E-state index contributed by atoms with van der Waals surface area (Å²) in [5.74, 6) is -0.231. The molecule has 2 nitrogen and oxygen atoms in total. The van der Waals surface area contributed by atoms with Crippen molar-refractivity contribution in [2.24, 2.45) is 0 Å². The molecule has 0 aliphatic heterocycles. The first kappa shape index (κ1) is 14.7. The highest BCUT2D eigenvalue weighted by Gasteiger charge is 2.16. The number of halogens is 1. The number of nitrogens with one attached hydrogen (secondary N) is 1. The molecule has 2 atom stereocenters. The highest BCUT2D eigenvalue weighted by atomic mass is 19.1. The lowest BCUT2D eigenvalue weighted by Crippen LogP contribution is -2.28. The molecule has 106 valence electrons. The molecule has 2 unspecified atom stereocenters. The van der Waals surface area contributed by atoms with Gasteiger partial charge in [-0.25, -0.2) is 4.39 Å². The van der Waals surface area contributed by atoms with E-state index in [-0.39, 0.29) is 24.5 Å². The van der Waals surface area contributed by atoms with Crippen molar-refractivity contribution in [3.8, 4) is 0 Å². The van der Waals surface area contributed by atoms with Crippen molar-refractivity contribution in [3.63, 3.8) is 0 Å². The zero-order valence-electron chi connectivity index (χ0n) is 11.6. The van der Waals surface area contributed by atoms with Gasteiger partial charge in [-0.15, -0.1) is 0 Å². The molecule has 0 amide bonds. The molecule has 2 aromatic rings. The number of hydrogen-bond donors (Lipinski definition) is 2. The summed E-state index contributed by atoms with van der Waals surface area (Å²) in [6, 6.07) is 16.3. The molecule has 0 bridgehead atoms. The Morgan fingerprint density at radius 1 is 0.950 bits per heavy atom. The third-order valence-electron chi connectivity index (χ3n) is 3.47. The van der Waals surface area contributed by atoms with Gasteiger partial charge in [-0.05, 0) is 29.7 Å². The molecule has 0 aromatic heterocycles. The Bertz CT molecular complexity index is 512. The second kappa shape index (κ2) is 7.17. The molecule has 2 rings (SSSR count). The second-order valence-electron chi connectivity index (χ2n) is 4.82. The predicted octanol–water partition coefficient (Wildman–Crippen LogP) is 3.60. The third kappa shape index (κ3) is 3.65. The van der Waals surface area contributed by atoms with Crippen LogP contribution in [-0.4, -0.2) is 11.7 Å². The third-order valence-corrected chi connectivity index (χ3v) is 3.47. The van der Waals surface area contributed by atoms with E-state index in [1.165, 1.54) is 12.1 Å². The average molecular weight is 273 g/mol.